The highest BCUT2D eigenvalue weighted by atomic mass is 19.1. The van der Waals surface area contributed by atoms with E-state index in [-0.39, 0.29) is 48.2 Å². The van der Waals surface area contributed by atoms with Gasteiger partial charge in [-0.1, -0.05) is 47.1 Å². The molecule has 1 unspecified atom stereocenters. The summed E-state index contributed by atoms with van der Waals surface area (Å²) in [4.78, 5) is 58.9. The van der Waals surface area contributed by atoms with Crippen molar-refractivity contribution in [2.45, 2.75) is 118 Å². The summed E-state index contributed by atoms with van der Waals surface area (Å²) in [6.45, 7) is 16.3. The van der Waals surface area contributed by atoms with E-state index >= 15 is 0 Å². The van der Waals surface area contributed by atoms with Crippen LogP contribution in [0.2, 0.25) is 0 Å². The summed E-state index contributed by atoms with van der Waals surface area (Å²) in [5.41, 5.74) is -0.0934. The molecule has 0 spiro atoms. The lowest BCUT2D eigenvalue weighted by Crippen LogP contribution is -2.60. The standard InChI is InChI=1S/C31H54FN5O4/c1-20(2)25(19-22(5)29(40)37-18-12-14-23(37)27(38)33-16-15-32)35(9)30(41)26(31(6,7)8)34-28(39)24-13-10-11-17-36(24)21(3)4/h19-21,23-26H,10-18H2,1-9H3,(H,33,38)(H,34,39)/t23-,24+,25?,26+/m0/s1. The predicted molar refractivity (Wildman–Crippen MR) is 160 cm³/mol. The molecule has 0 aliphatic carbocycles. The Morgan fingerprint density at radius 1 is 0.976 bits per heavy atom. The number of nitrogens with zero attached hydrogens (tertiary/aromatic N) is 3. The monoisotopic (exact) mass is 579 g/mol. The summed E-state index contributed by atoms with van der Waals surface area (Å²) in [6, 6.07) is -1.80. The molecule has 41 heavy (non-hydrogen) atoms. The number of alkyl halides is 1. The highest BCUT2D eigenvalue weighted by Crippen LogP contribution is 2.26. The van der Waals surface area contributed by atoms with Gasteiger partial charge in [0, 0.05) is 31.8 Å². The quantitative estimate of drug-likeness (QED) is 0.366. The van der Waals surface area contributed by atoms with Crippen molar-refractivity contribution >= 4 is 23.6 Å². The van der Waals surface area contributed by atoms with Crippen LogP contribution in [0.4, 0.5) is 4.39 Å². The lowest BCUT2D eigenvalue weighted by atomic mass is 9.84. The van der Waals surface area contributed by atoms with Gasteiger partial charge in [0.25, 0.3) is 0 Å². The first-order chi connectivity index (χ1) is 19.1. The zero-order chi connectivity index (χ0) is 31.1. The summed E-state index contributed by atoms with van der Waals surface area (Å²) < 4.78 is 12.6. The lowest BCUT2D eigenvalue weighted by molar-refractivity contribution is -0.142. The van der Waals surface area contributed by atoms with Gasteiger partial charge in [-0.05, 0) is 64.3 Å². The first-order valence-corrected chi connectivity index (χ1v) is 15.3. The maximum absolute atomic E-state index is 14.0. The van der Waals surface area contributed by atoms with Gasteiger partial charge in [-0.15, -0.1) is 0 Å². The molecule has 4 atom stereocenters. The van der Waals surface area contributed by atoms with E-state index in [1.807, 2.05) is 34.6 Å². The second-order valence-electron chi connectivity index (χ2n) is 13.3. The van der Waals surface area contributed by atoms with Gasteiger partial charge >= 0.3 is 0 Å². The zero-order valence-corrected chi connectivity index (χ0v) is 26.8. The van der Waals surface area contributed by atoms with Crippen molar-refractivity contribution in [3.8, 4) is 0 Å². The van der Waals surface area contributed by atoms with E-state index in [2.05, 4.69) is 29.4 Å². The third-order valence-electron chi connectivity index (χ3n) is 8.36. The van der Waals surface area contributed by atoms with E-state index in [0.29, 0.717) is 25.0 Å². The average Bonchev–Trinajstić information content (AvgIpc) is 3.41. The van der Waals surface area contributed by atoms with Gasteiger partial charge in [-0.2, -0.15) is 0 Å². The van der Waals surface area contributed by atoms with E-state index in [1.54, 1.807) is 29.8 Å². The van der Waals surface area contributed by atoms with Crippen LogP contribution in [-0.2, 0) is 19.2 Å². The first-order valence-electron chi connectivity index (χ1n) is 15.3. The number of halogens is 1. The Bertz CT molecular complexity index is 961. The van der Waals surface area contributed by atoms with Gasteiger partial charge in [0.1, 0.15) is 18.8 Å². The second-order valence-corrected chi connectivity index (χ2v) is 13.3. The molecule has 2 aliphatic rings. The summed E-state index contributed by atoms with van der Waals surface area (Å²) in [7, 11) is 1.72. The minimum Gasteiger partial charge on any atom is -0.352 e. The fourth-order valence-electron chi connectivity index (χ4n) is 5.97. The van der Waals surface area contributed by atoms with Gasteiger partial charge in [0.2, 0.25) is 23.6 Å². The van der Waals surface area contributed by atoms with Crippen LogP contribution >= 0.6 is 0 Å². The molecule has 9 nitrogen and oxygen atoms in total. The van der Waals surface area contributed by atoms with Gasteiger partial charge in [0.15, 0.2) is 0 Å². The molecule has 10 heteroatoms. The van der Waals surface area contributed by atoms with Crippen LogP contribution in [0.1, 0.15) is 87.5 Å². The van der Waals surface area contributed by atoms with E-state index in [1.165, 1.54) is 0 Å². The molecule has 0 radical (unpaired) electrons. The minimum absolute atomic E-state index is 0.0139. The van der Waals surface area contributed by atoms with Crippen LogP contribution < -0.4 is 10.6 Å². The Balaban J connectivity index is 2.25. The molecule has 0 aromatic carbocycles. The molecule has 0 aromatic heterocycles. The molecule has 2 fully saturated rings. The van der Waals surface area contributed by atoms with Gasteiger partial charge < -0.3 is 20.4 Å². The van der Waals surface area contributed by atoms with Crippen molar-refractivity contribution in [1.82, 2.24) is 25.3 Å². The summed E-state index contributed by atoms with van der Waals surface area (Å²) >= 11 is 0. The molecule has 234 valence electrons. The molecule has 0 aromatic rings. The summed E-state index contributed by atoms with van der Waals surface area (Å²) in [6.07, 6.45) is 5.84. The summed E-state index contributed by atoms with van der Waals surface area (Å²) in [5, 5.41) is 5.65. The Morgan fingerprint density at radius 3 is 2.17 bits per heavy atom. The molecule has 2 rings (SSSR count). The van der Waals surface area contributed by atoms with Gasteiger partial charge in [-0.3, -0.25) is 24.1 Å². The molecule has 4 amide bonds. The molecule has 0 saturated carbocycles. The maximum Gasteiger partial charge on any atom is 0.249 e. The van der Waals surface area contributed by atoms with Crippen LogP contribution in [0, 0.1) is 11.3 Å². The number of likely N-dealkylation sites (tertiary alicyclic amines) is 2. The number of amides is 4. The zero-order valence-electron chi connectivity index (χ0n) is 26.8. The van der Waals surface area contributed by atoms with Crippen molar-refractivity contribution in [3.63, 3.8) is 0 Å². The topological polar surface area (TPSA) is 102 Å². The number of rotatable bonds is 11. The SMILES string of the molecule is CC(=CC(C(C)C)N(C)C(=O)[C@@H](NC(=O)[C@H]1CCCCN1C(C)C)C(C)(C)C)C(=O)N1CCC[C@H]1C(=O)NCCF. The van der Waals surface area contributed by atoms with Crippen LogP contribution in [0.3, 0.4) is 0 Å². The molecule has 2 saturated heterocycles. The number of carbonyl (C=O) groups is 4. The average molecular weight is 580 g/mol. The normalized spacial score (nSPS) is 22.0. The molecular formula is C31H54FN5O4. The summed E-state index contributed by atoms with van der Waals surface area (Å²) in [5.74, 6) is -0.945. The van der Waals surface area contributed by atoms with E-state index in [0.717, 1.165) is 25.8 Å². The third kappa shape index (κ3) is 9.00. The van der Waals surface area contributed by atoms with Crippen molar-refractivity contribution in [2.75, 3.05) is 33.4 Å². The molecular weight excluding hydrogens is 525 g/mol. The van der Waals surface area contributed by atoms with Crippen LogP contribution in [0.5, 0.6) is 0 Å². The Morgan fingerprint density at radius 2 is 1.61 bits per heavy atom. The molecule has 2 aliphatic heterocycles. The number of hydrogen-bond acceptors (Lipinski definition) is 5. The van der Waals surface area contributed by atoms with E-state index < -0.39 is 30.2 Å². The Kier molecular flexibility index (Phi) is 12.8. The van der Waals surface area contributed by atoms with E-state index in [4.69, 9.17) is 0 Å². The fraction of sp³-hybridized carbons (Fsp3) is 0.806. The van der Waals surface area contributed by atoms with Crippen molar-refractivity contribution in [1.29, 1.82) is 0 Å². The maximum atomic E-state index is 14.0. The molecule has 2 N–H and O–H groups in total. The second kappa shape index (κ2) is 15.1. The smallest absolute Gasteiger partial charge is 0.249 e. The molecule has 2 heterocycles. The van der Waals surface area contributed by atoms with Crippen LogP contribution in [0.25, 0.3) is 0 Å². The van der Waals surface area contributed by atoms with E-state index in [9.17, 15) is 23.6 Å². The molecule has 0 bridgehead atoms. The first kappa shape index (κ1) is 34.7. The van der Waals surface area contributed by atoms with Crippen molar-refractivity contribution < 1.29 is 23.6 Å². The third-order valence-corrected chi connectivity index (χ3v) is 8.36. The highest BCUT2D eigenvalue weighted by Gasteiger charge is 2.40. The van der Waals surface area contributed by atoms with Gasteiger partial charge in [-0.25, -0.2) is 4.39 Å². The number of nitrogens with one attached hydrogen (secondary N) is 2. The fourth-order valence-corrected chi connectivity index (χ4v) is 5.97. The van der Waals surface area contributed by atoms with Crippen molar-refractivity contribution in [2.24, 2.45) is 11.3 Å². The lowest BCUT2D eigenvalue weighted by Gasteiger charge is -2.41. The highest BCUT2D eigenvalue weighted by molar-refractivity contribution is 5.97. The number of carbonyl (C=O) groups excluding carboxylic acids is 4. The number of hydrogen-bond donors (Lipinski definition) is 2. The van der Waals surface area contributed by atoms with Gasteiger partial charge in [0.05, 0.1) is 12.1 Å². The van der Waals surface area contributed by atoms with Crippen molar-refractivity contribution in [3.05, 3.63) is 11.6 Å². The number of piperidine rings is 1. The number of likely N-dealkylation sites (N-methyl/N-ethyl adjacent to an activating group) is 1. The predicted octanol–water partition coefficient (Wildman–Crippen LogP) is 3.29. The minimum atomic E-state index is -0.747. The largest absolute Gasteiger partial charge is 0.352 e. The van der Waals surface area contributed by atoms with Crippen LogP contribution in [-0.4, -0.2) is 102 Å². The Labute approximate surface area is 246 Å². The Hall–Kier alpha value is -2.49. The van der Waals surface area contributed by atoms with Crippen LogP contribution in [0.15, 0.2) is 11.6 Å².